The van der Waals surface area contributed by atoms with Crippen LogP contribution in [0.3, 0.4) is 0 Å². The number of furan rings is 1. The predicted octanol–water partition coefficient (Wildman–Crippen LogP) is 6.45. The first-order chi connectivity index (χ1) is 19.0. The smallest absolute Gasteiger partial charge is 0.338 e. The van der Waals surface area contributed by atoms with Gasteiger partial charge in [-0.25, -0.2) is 9.59 Å². The Morgan fingerprint density at radius 2 is 1.05 bits per heavy atom. The van der Waals surface area contributed by atoms with E-state index in [1.807, 2.05) is 24.3 Å². The Hall–Kier alpha value is -3.65. The zero-order chi connectivity index (χ0) is 28.0. The number of rotatable bonds is 18. The van der Waals surface area contributed by atoms with Crippen LogP contribution in [0.4, 0.5) is 0 Å². The highest BCUT2D eigenvalue weighted by Gasteiger charge is 2.15. The van der Waals surface area contributed by atoms with Crippen LogP contribution in [0.25, 0.3) is 21.9 Å². The number of fused-ring (bicyclic) bond motifs is 3. The number of esters is 2. The molecule has 0 saturated heterocycles. The maximum absolute atomic E-state index is 12.7. The standard InChI is InChI=1S/C32H38N2O5.ClH/c1-5-15-33(16-6-2)19-9-21-37-31(35)25-11-13-29-27(23-25)28-24-26(12-14-30(28)39-29)32(36)38-22-10-20-34(17-7-3)18-8-4;/h5-8,11-14,23-24H,1-4,9-10,15-22H2;1H. The summed E-state index contributed by atoms with van der Waals surface area (Å²) in [4.78, 5) is 29.7. The SMILES string of the molecule is C=CCN(CC=C)CCCOC(=O)c1ccc2oc3ccc(C(=O)OCCCN(CC=C)CC=C)cc3c2c1.Cl. The number of hydrogen-bond donors (Lipinski definition) is 0. The Bertz CT molecular complexity index is 1200. The van der Waals surface area contributed by atoms with Crippen LogP contribution in [0.2, 0.25) is 0 Å². The zero-order valence-corrected chi connectivity index (χ0v) is 23.8. The molecule has 0 saturated carbocycles. The van der Waals surface area contributed by atoms with E-state index in [2.05, 4.69) is 36.1 Å². The molecule has 214 valence electrons. The van der Waals surface area contributed by atoms with Crippen molar-refractivity contribution in [3.63, 3.8) is 0 Å². The molecule has 1 aromatic heterocycles. The van der Waals surface area contributed by atoms with E-state index in [1.54, 1.807) is 36.4 Å². The minimum atomic E-state index is -0.400. The van der Waals surface area contributed by atoms with E-state index in [1.165, 1.54) is 0 Å². The van der Waals surface area contributed by atoms with Gasteiger partial charge in [0.2, 0.25) is 0 Å². The summed E-state index contributed by atoms with van der Waals surface area (Å²) < 4.78 is 16.9. The summed E-state index contributed by atoms with van der Waals surface area (Å²) in [6.45, 7) is 20.3. The average Bonchev–Trinajstić information content (AvgIpc) is 3.30. The van der Waals surface area contributed by atoms with E-state index in [0.717, 1.165) is 50.0 Å². The fourth-order valence-corrected chi connectivity index (χ4v) is 4.35. The number of halogens is 1. The lowest BCUT2D eigenvalue weighted by Gasteiger charge is -2.18. The summed E-state index contributed by atoms with van der Waals surface area (Å²) in [6.07, 6.45) is 8.78. The lowest BCUT2D eigenvalue weighted by Crippen LogP contribution is -2.26. The number of nitrogens with zero attached hydrogens (tertiary/aromatic N) is 2. The van der Waals surface area contributed by atoms with Crippen LogP contribution in [0.15, 0.2) is 91.4 Å². The summed E-state index contributed by atoms with van der Waals surface area (Å²) in [7, 11) is 0. The maximum atomic E-state index is 12.7. The van der Waals surface area contributed by atoms with Gasteiger partial charge in [-0.1, -0.05) is 24.3 Å². The van der Waals surface area contributed by atoms with Crippen molar-refractivity contribution in [1.29, 1.82) is 0 Å². The van der Waals surface area contributed by atoms with Crippen LogP contribution in [-0.4, -0.2) is 74.2 Å². The summed E-state index contributed by atoms with van der Waals surface area (Å²) in [5.41, 5.74) is 2.11. The average molecular weight is 567 g/mol. The van der Waals surface area contributed by atoms with Crippen LogP contribution in [0.5, 0.6) is 0 Å². The minimum absolute atomic E-state index is 0. The van der Waals surface area contributed by atoms with Crippen LogP contribution < -0.4 is 0 Å². The Morgan fingerprint density at radius 3 is 1.40 bits per heavy atom. The van der Waals surface area contributed by atoms with Crippen LogP contribution in [-0.2, 0) is 9.47 Å². The molecule has 2 aromatic carbocycles. The molecule has 0 N–H and O–H groups in total. The number of carbonyl (C=O) groups excluding carboxylic acids is 2. The van der Waals surface area contributed by atoms with Crippen molar-refractivity contribution in [3.05, 3.63) is 98.1 Å². The Morgan fingerprint density at radius 1 is 0.675 bits per heavy atom. The Kier molecular flexibility index (Phi) is 13.9. The van der Waals surface area contributed by atoms with Gasteiger partial charge in [0, 0.05) is 50.0 Å². The summed E-state index contributed by atoms with van der Waals surface area (Å²) in [5.74, 6) is -0.800. The number of benzene rings is 2. The highest BCUT2D eigenvalue weighted by atomic mass is 35.5. The topological polar surface area (TPSA) is 72.2 Å². The Balaban J connectivity index is 0.00000560. The Labute approximate surface area is 242 Å². The summed E-state index contributed by atoms with van der Waals surface area (Å²) >= 11 is 0. The first-order valence-corrected chi connectivity index (χ1v) is 13.2. The van der Waals surface area contributed by atoms with Gasteiger partial charge >= 0.3 is 11.9 Å². The lowest BCUT2D eigenvalue weighted by atomic mass is 10.1. The number of carbonyl (C=O) groups is 2. The van der Waals surface area contributed by atoms with Crippen molar-refractivity contribution in [3.8, 4) is 0 Å². The molecule has 0 spiro atoms. The molecule has 0 aliphatic heterocycles. The van der Waals surface area contributed by atoms with Crippen LogP contribution in [0.1, 0.15) is 33.6 Å². The monoisotopic (exact) mass is 566 g/mol. The molecule has 3 aromatic rings. The van der Waals surface area contributed by atoms with Crippen LogP contribution in [0, 0.1) is 0 Å². The fraction of sp³-hybridized carbons (Fsp3) is 0.312. The molecule has 0 unspecified atom stereocenters. The molecular formula is C32H39ClN2O5. The highest BCUT2D eigenvalue weighted by Crippen LogP contribution is 2.30. The molecule has 0 fully saturated rings. The van der Waals surface area contributed by atoms with Crippen molar-refractivity contribution in [2.45, 2.75) is 12.8 Å². The molecule has 0 bridgehead atoms. The van der Waals surface area contributed by atoms with Crippen LogP contribution >= 0.6 is 12.4 Å². The predicted molar refractivity (Wildman–Crippen MR) is 164 cm³/mol. The zero-order valence-electron chi connectivity index (χ0n) is 23.0. The third-order valence-corrected chi connectivity index (χ3v) is 6.19. The van der Waals surface area contributed by atoms with Crippen molar-refractivity contribution < 1.29 is 23.5 Å². The third-order valence-electron chi connectivity index (χ3n) is 6.19. The van der Waals surface area contributed by atoms with Gasteiger partial charge in [0.05, 0.1) is 24.3 Å². The van der Waals surface area contributed by atoms with E-state index in [0.29, 0.717) is 48.3 Å². The molecule has 8 heteroatoms. The van der Waals surface area contributed by atoms with Crippen molar-refractivity contribution >= 4 is 46.3 Å². The van der Waals surface area contributed by atoms with Gasteiger partial charge in [-0.05, 0) is 49.2 Å². The normalized spacial score (nSPS) is 10.8. The molecule has 0 aliphatic carbocycles. The van der Waals surface area contributed by atoms with E-state index >= 15 is 0 Å². The van der Waals surface area contributed by atoms with Gasteiger partial charge < -0.3 is 13.9 Å². The van der Waals surface area contributed by atoms with Gasteiger partial charge in [0.1, 0.15) is 11.2 Å². The third kappa shape index (κ3) is 9.23. The maximum Gasteiger partial charge on any atom is 0.338 e. The second-order valence-corrected chi connectivity index (χ2v) is 9.18. The van der Waals surface area contributed by atoms with Crippen molar-refractivity contribution in [2.24, 2.45) is 0 Å². The van der Waals surface area contributed by atoms with E-state index in [-0.39, 0.29) is 12.4 Å². The molecule has 0 radical (unpaired) electrons. The largest absolute Gasteiger partial charge is 0.462 e. The first-order valence-electron chi connectivity index (χ1n) is 13.2. The molecular weight excluding hydrogens is 528 g/mol. The minimum Gasteiger partial charge on any atom is -0.462 e. The van der Waals surface area contributed by atoms with E-state index in [9.17, 15) is 9.59 Å². The number of ether oxygens (including phenoxy) is 2. The molecule has 0 amide bonds. The highest BCUT2D eigenvalue weighted by molar-refractivity contribution is 6.09. The molecule has 1 heterocycles. The summed E-state index contributed by atoms with van der Waals surface area (Å²) in [6, 6.07) is 10.4. The molecule has 0 aliphatic rings. The molecule has 3 rings (SSSR count). The van der Waals surface area contributed by atoms with Gasteiger partial charge in [0.25, 0.3) is 0 Å². The quantitative estimate of drug-likeness (QED) is 0.0995. The summed E-state index contributed by atoms with van der Waals surface area (Å²) in [5, 5.41) is 1.48. The molecule has 7 nitrogen and oxygen atoms in total. The number of hydrogen-bond acceptors (Lipinski definition) is 7. The lowest BCUT2D eigenvalue weighted by molar-refractivity contribution is 0.0481. The second-order valence-electron chi connectivity index (χ2n) is 9.18. The molecule has 0 atom stereocenters. The van der Waals surface area contributed by atoms with E-state index < -0.39 is 11.9 Å². The van der Waals surface area contributed by atoms with Gasteiger partial charge in [-0.3, -0.25) is 9.80 Å². The fourth-order valence-electron chi connectivity index (χ4n) is 4.35. The molecule has 40 heavy (non-hydrogen) atoms. The van der Waals surface area contributed by atoms with Gasteiger partial charge in [0.15, 0.2) is 0 Å². The van der Waals surface area contributed by atoms with E-state index in [4.69, 9.17) is 13.9 Å². The second kappa shape index (κ2) is 17.1. The van der Waals surface area contributed by atoms with Crippen molar-refractivity contribution in [2.75, 3.05) is 52.5 Å². The van der Waals surface area contributed by atoms with Gasteiger partial charge in [-0.15, -0.1) is 38.7 Å². The van der Waals surface area contributed by atoms with Crippen molar-refractivity contribution in [1.82, 2.24) is 9.80 Å². The first kappa shape index (κ1) is 32.6. The van der Waals surface area contributed by atoms with Gasteiger partial charge in [-0.2, -0.15) is 0 Å².